The van der Waals surface area contributed by atoms with Crippen molar-refractivity contribution in [3.63, 3.8) is 0 Å². The maximum absolute atomic E-state index is 13.6. The summed E-state index contributed by atoms with van der Waals surface area (Å²) in [6, 6.07) is -0.885. The van der Waals surface area contributed by atoms with E-state index in [2.05, 4.69) is 0 Å². The first kappa shape index (κ1) is 13.3. The van der Waals surface area contributed by atoms with Gasteiger partial charge in [-0.25, -0.2) is 17.6 Å². The molecule has 2 rings (SSSR count). The normalized spacial score (nSPS) is 18.9. The van der Waals surface area contributed by atoms with Crippen LogP contribution < -0.4 is 5.73 Å². The Kier molecular flexibility index (Phi) is 3.87. The van der Waals surface area contributed by atoms with Crippen molar-refractivity contribution in [3.8, 4) is 0 Å². The standard InChI is InChI=1S/C12H13F4NO/c13-7-5-8(14)11(16)9(10(7)15)12(17)6-1-3-18-4-2-6/h5-6,12H,1-4,17H2/t12-/m1/s1. The molecule has 2 nitrogen and oxygen atoms in total. The molecule has 1 fully saturated rings. The fourth-order valence-corrected chi connectivity index (χ4v) is 2.19. The molecule has 0 aromatic heterocycles. The van der Waals surface area contributed by atoms with Gasteiger partial charge in [0.2, 0.25) is 0 Å². The Labute approximate surface area is 102 Å². The molecule has 1 heterocycles. The molecule has 18 heavy (non-hydrogen) atoms. The van der Waals surface area contributed by atoms with E-state index in [9.17, 15) is 17.6 Å². The van der Waals surface area contributed by atoms with Crippen LogP contribution in [0.25, 0.3) is 0 Å². The number of hydrogen-bond acceptors (Lipinski definition) is 2. The van der Waals surface area contributed by atoms with E-state index in [1.165, 1.54) is 0 Å². The van der Waals surface area contributed by atoms with E-state index in [4.69, 9.17) is 10.5 Å². The number of ether oxygens (including phenoxy) is 1. The van der Waals surface area contributed by atoms with Crippen molar-refractivity contribution in [1.82, 2.24) is 0 Å². The van der Waals surface area contributed by atoms with Gasteiger partial charge in [-0.3, -0.25) is 0 Å². The minimum Gasteiger partial charge on any atom is -0.381 e. The molecular weight excluding hydrogens is 250 g/mol. The van der Waals surface area contributed by atoms with Gasteiger partial charge in [0, 0.05) is 30.9 Å². The summed E-state index contributed by atoms with van der Waals surface area (Å²) in [7, 11) is 0. The molecule has 0 aliphatic carbocycles. The Bertz CT molecular complexity index is 420. The number of halogens is 4. The highest BCUT2D eigenvalue weighted by atomic mass is 19.2. The molecule has 1 atom stereocenters. The van der Waals surface area contributed by atoms with Crippen LogP contribution in [0.2, 0.25) is 0 Å². The quantitative estimate of drug-likeness (QED) is 0.657. The molecular formula is C12H13F4NO. The molecule has 0 spiro atoms. The highest BCUT2D eigenvalue weighted by molar-refractivity contribution is 5.26. The second-order valence-corrected chi connectivity index (χ2v) is 4.36. The number of benzene rings is 1. The van der Waals surface area contributed by atoms with Crippen molar-refractivity contribution in [2.24, 2.45) is 11.7 Å². The van der Waals surface area contributed by atoms with E-state index in [0.717, 1.165) is 0 Å². The highest BCUT2D eigenvalue weighted by Crippen LogP contribution is 2.32. The Morgan fingerprint density at radius 3 is 2.06 bits per heavy atom. The lowest BCUT2D eigenvalue weighted by atomic mass is 9.87. The predicted octanol–water partition coefficient (Wildman–Crippen LogP) is 2.67. The Balaban J connectivity index is 2.37. The zero-order valence-corrected chi connectivity index (χ0v) is 9.56. The maximum atomic E-state index is 13.6. The van der Waals surface area contributed by atoms with Gasteiger partial charge in [0.1, 0.15) is 0 Å². The van der Waals surface area contributed by atoms with E-state index in [1.54, 1.807) is 0 Å². The maximum Gasteiger partial charge on any atom is 0.166 e. The topological polar surface area (TPSA) is 35.2 Å². The van der Waals surface area contributed by atoms with E-state index in [1.807, 2.05) is 0 Å². The zero-order chi connectivity index (χ0) is 13.3. The molecule has 0 radical (unpaired) electrons. The Hall–Kier alpha value is -1.14. The highest BCUT2D eigenvalue weighted by Gasteiger charge is 2.30. The summed E-state index contributed by atoms with van der Waals surface area (Å²) in [5.74, 6) is -5.91. The monoisotopic (exact) mass is 263 g/mol. The lowest BCUT2D eigenvalue weighted by Gasteiger charge is -2.28. The van der Waals surface area contributed by atoms with Gasteiger partial charge in [-0.2, -0.15) is 0 Å². The van der Waals surface area contributed by atoms with E-state index in [0.29, 0.717) is 26.1 Å². The van der Waals surface area contributed by atoms with Crippen LogP contribution in [0, 0.1) is 29.2 Å². The fourth-order valence-electron chi connectivity index (χ4n) is 2.19. The summed E-state index contributed by atoms with van der Waals surface area (Å²) < 4.78 is 58.4. The molecule has 1 aliphatic rings. The van der Waals surface area contributed by atoms with Crippen LogP contribution in [0.4, 0.5) is 17.6 Å². The minimum atomic E-state index is -1.42. The first-order valence-electron chi connectivity index (χ1n) is 5.68. The first-order chi connectivity index (χ1) is 8.52. The lowest BCUT2D eigenvalue weighted by Crippen LogP contribution is -2.29. The third-order valence-electron chi connectivity index (χ3n) is 3.25. The summed E-state index contributed by atoms with van der Waals surface area (Å²) in [4.78, 5) is 0. The summed E-state index contributed by atoms with van der Waals surface area (Å²) in [5, 5.41) is 0. The van der Waals surface area contributed by atoms with Crippen LogP contribution in [0.15, 0.2) is 6.07 Å². The van der Waals surface area contributed by atoms with Crippen LogP contribution in [-0.4, -0.2) is 13.2 Å². The van der Waals surface area contributed by atoms with Gasteiger partial charge in [0.15, 0.2) is 23.3 Å². The van der Waals surface area contributed by atoms with Gasteiger partial charge in [0.05, 0.1) is 0 Å². The minimum absolute atomic E-state index is 0.185. The first-order valence-corrected chi connectivity index (χ1v) is 5.68. The smallest absolute Gasteiger partial charge is 0.166 e. The van der Waals surface area contributed by atoms with Gasteiger partial charge >= 0.3 is 0 Å². The number of rotatable bonds is 2. The molecule has 1 saturated heterocycles. The SMILES string of the molecule is N[C@@H](c1c(F)c(F)cc(F)c1F)C1CCOCC1. The summed E-state index contributed by atoms with van der Waals surface area (Å²) in [6.45, 7) is 0.860. The van der Waals surface area contributed by atoms with Crippen molar-refractivity contribution in [3.05, 3.63) is 34.9 Å². The van der Waals surface area contributed by atoms with Crippen molar-refractivity contribution in [1.29, 1.82) is 0 Å². The van der Waals surface area contributed by atoms with Gasteiger partial charge in [-0.1, -0.05) is 0 Å². The summed E-state index contributed by atoms with van der Waals surface area (Å²) in [6.07, 6.45) is 1.02. The molecule has 0 amide bonds. The molecule has 0 bridgehead atoms. The van der Waals surface area contributed by atoms with Crippen molar-refractivity contribution >= 4 is 0 Å². The van der Waals surface area contributed by atoms with Gasteiger partial charge in [0.25, 0.3) is 0 Å². The zero-order valence-electron chi connectivity index (χ0n) is 9.56. The molecule has 1 aromatic rings. The van der Waals surface area contributed by atoms with E-state index >= 15 is 0 Å². The third-order valence-corrected chi connectivity index (χ3v) is 3.25. The fraction of sp³-hybridized carbons (Fsp3) is 0.500. The van der Waals surface area contributed by atoms with Crippen LogP contribution in [-0.2, 0) is 4.74 Å². The summed E-state index contributed by atoms with van der Waals surface area (Å²) >= 11 is 0. The van der Waals surface area contributed by atoms with Gasteiger partial charge < -0.3 is 10.5 Å². The summed E-state index contributed by atoms with van der Waals surface area (Å²) in [5.41, 5.74) is 5.03. The van der Waals surface area contributed by atoms with E-state index in [-0.39, 0.29) is 12.0 Å². The Morgan fingerprint density at radius 1 is 1.06 bits per heavy atom. The number of hydrogen-bond donors (Lipinski definition) is 1. The van der Waals surface area contributed by atoms with Crippen molar-refractivity contribution < 1.29 is 22.3 Å². The Morgan fingerprint density at radius 2 is 1.56 bits per heavy atom. The third kappa shape index (κ3) is 2.35. The molecule has 1 aromatic carbocycles. The van der Waals surface area contributed by atoms with Gasteiger partial charge in [-0.15, -0.1) is 0 Å². The largest absolute Gasteiger partial charge is 0.381 e. The van der Waals surface area contributed by atoms with Crippen molar-refractivity contribution in [2.75, 3.05) is 13.2 Å². The average Bonchev–Trinajstić information content (AvgIpc) is 2.37. The molecule has 6 heteroatoms. The molecule has 0 unspecified atom stereocenters. The van der Waals surface area contributed by atoms with E-state index < -0.39 is 34.9 Å². The van der Waals surface area contributed by atoms with Crippen LogP contribution >= 0.6 is 0 Å². The molecule has 0 saturated carbocycles. The second kappa shape index (κ2) is 5.24. The second-order valence-electron chi connectivity index (χ2n) is 4.36. The average molecular weight is 263 g/mol. The molecule has 100 valence electrons. The molecule has 1 aliphatic heterocycles. The lowest BCUT2D eigenvalue weighted by molar-refractivity contribution is 0.0574. The van der Waals surface area contributed by atoms with Crippen LogP contribution in [0.1, 0.15) is 24.4 Å². The molecule has 2 N–H and O–H groups in total. The van der Waals surface area contributed by atoms with Crippen LogP contribution in [0.5, 0.6) is 0 Å². The predicted molar refractivity (Wildman–Crippen MR) is 56.7 cm³/mol. The van der Waals surface area contributed by atoms with Crippen molar-refractivity contribution in [2.45, 2.75) is 18.9 Å². The number of nitrogens with two attached hydrogens (primary N) is 1. The van der Waals surface area contributed by atoms with Crippen LogP contribution in [0.3, 0.4) is 0 Å². The van der Waals surface area contributed by atoms with Gasteiger partial charge in [-0.05, 0) is 18.8 Å².